The van der Waals surface area contributed by atoms with Crippen molar-refractivity contribution in [3.8, 4) is 0 Å². The van der Waals surface area contributed by atoms with Crippen LogP contribution in [0.2, 0.25) is 0 Å². The fourth-order valence-corrected chi connectivity index (χ4v) is 11.7. The maximum absolute atomic E-state index is 13.1. The van der Waals surface area contributed by atoms with E-state index in [9.17, 15) is 30.3 Å². The molecule has 9 nitrogen and oxygen atoms in total. The van der Waals surface area contributed by atoms with Crippen LogP contribution in [0.4, 0.5) is 0 Å². The summed E-state index contributed by atoms with van der Waals surface area (Å²) in [5, 5.41) is 54.7. The highest BCUT2D eigenvalue weighted by molar-refractivity contribution is 5.76. The fourth-order valence-electron chi connectivity index (χ4n) is 11.7. The molecule has 0 spiro atoms. The Morgan fingerprint density at radius 1 is 0.398 bits per heavy atom. The molecule has 9 heteroatoms. The van der Waals surface area contributed by atoms with Gasteiger partial charge in [0.2, 0.25) is 5.91 Å². The van der Waals surface area contributed by atoms with E-state index in [0.29, 0.717) is 6.42 Å². The number of ether oxygens (including phenoxy) is 2. The Balaban J connectivity index is 2.10. The molecule has 0 bridgehead atoms. The van der Waals surface area contributed by atoms with Gasteiger partial charge < -0.3 is 40.3 Å². The Morgan fingerprint density at radius 3 is 1.01 bits per heavy atom. The zero-order valence-corrected chi connectivity index (χ0v) is 54.7. The minimum absolute atomic E-state index is 0.185. The van der Waals surface area contributed by atoms with Gasteiger partial charge in [0.25, 0.3) is 0 Å². The van der Waals surface area contributed by atoms with Crippen LogP contribution in [0.5, 0.6) is 0 Å². The van der Waals surface area contributed by atoms with Crippen LogP contribution >= 0.6 is 0 Å². The van der Waals surface area contributed by atoms with Gasteiger partial charge in [-0.2, -0.15) is 0 Å². The van der Waals surface area contributed by atoms with E-state index < -0.39 is 49.5 Å². The van der Waals surface area contributed by atoms with Crippen molar-refractivity contribution >= 4 is 5.91 Å². The number of unbranched alkanes of at least 4 members (excludes halogenated alkanes) is 48. The summed E-state index contributed by atoms with van der Waals surface area (Å²) in [5.74, 6) is -0.185. The maximum Gasteiger partial charge on any atom is 0.220 e. The van der Waals surface area contributed by atoms with Crippen molar-refractivity contribution in [3.05, 3.63) is 48.6 Å². The first-order valence-corrected chi connectivity index (χ1v) is 36.4. The number of aliphatic hydroxyl groups excluding tert-OH is 5. The van der Waals surface area contributed by atoms with E-state index in [1.807, 2.05) is 6.08 Å². The van der Waals surface area contributed by atoms with E-state index >= 15 is 0 Å². The third-order valence-corrected chi connectivity index (χ3v) is 17.4. The third-order valence-electron chi connectivity index (χ3n) is 17.4. The summed E-state index contributed by atoms with van der Waals surface area (Å²) >= 11 is 0. The molecular weight excluding hydrogens is 1030 g/mol. The van der Waals surface area contributed by atoms with Crippen LogP contribution in [0, 0.1) is 0 Å². The molecule has 1 amide bonds. The van der Waals surface area contributed by atoms with E-state index in [2.05, 4.69) is 55.6 Å². The molecule has 1 heterocycles. The van der Waals surface area contributed by atoms with E-state index in [1.165, 1.54) is 295 Å². The molecule has 0 aliphatic carbocycles. The SMILES string of the molecule is CCCCCCCCCCCCCCC/C=C/CC/C=C/CC/C=C/C(O)C(COC1OC(CO)C(O)C(O)C1O)NC(=O)CCCCCCCCCCCCCCCCCCC/C=C\CCCCCCCCCCCCCCCCCC. The lowest BCUT2D eigenvalue weighted by molar-refractivity contribution is -0.302. The van der Waals surface area contributed by atoms with Gasteiger partial charge in [-0.15, -0.1) is 0 Å². The summed E-state index contributed by atoms with van der Waals surface area (Å²) in [4.78, 5) is 13.1. The molecular formula is C74H139NO8. The number of hydrogen-bond donors (Lipinski definition) is 6. The minimum atomic E-state index is -1.58. The zero-order valence-electron chi connectivity index (χ0n) is 54.7. The number of carbonyl (C=O) groups is 1. The molecule has 7 atom stereocenters. The van der Waals surface area contributed by atoms with Gasteiger partial charge in [-0.05, 0) is 70.6 Å². The maximum atomic E-state index is 13.1. The van der Waals surface area contributed by atoms with Crippen molar-refractivity contribution in [2.45, 2.75) is 403 Å². The molecule has 488 valence electrons. The second-order valence-electron chi connectivity index (χ2n) is 25.4. The van der Waals surface area contributed by atoms with E-state index in [1.54, 1.807) is 6.08 Å². The molecule has 7 unspecified atom stereocenters. The molecule has 0 aromatic rings. The standard InChI is InChI=1S/C74H139NO8/c1-3-5-7-9-11-13-15-17-19-21-23-25-27-28-29-30-31-32-33-34-35-36-37-38-39-40-42-44-46-48-50-52-54-56-58-60-62-64-70(78)75-67(66-82-74-73(81)72(80)71(79)69(65-76)83-74)68(77)63-61-59-57-55-53-51-49-47-45-43-41-26-24-22-20-18-16-14-12-10-8-6-4-2/h32-33,45,47,53,55,61,63,67-69,71-74,76-77,79-81H,3-31,34-44,46,48-52,54,56-60,62,64-66H2,1-2H3,(H,75,78)/b33-32-,47-45+,55-53+,63-61+. The highest BCUT2D eigenvalue weighted by atomic mass is 16.7. The van der Waals surface area contributed by atoms with Gasteiger partial charge in [-0.25, -0.2) is 0 Å². The Kier molecular flexibility index (Phi) is 60.3. The van der Waals surface area contributed by atoms with Crippen molar-refractivity contribution < 1.29 is 39.8 Å². The number of hydrogen-bond acceptors (Lipinski definition) is 8. The lowest BCUT2D eigenvalue weighted by Gasteiger charge is -2.40. The van der Waals surface area contributed by atoms with Crippen molar-refractivity contribution in [3.63, 3.8) is 0 Å². The smallest absolute Gasteiger partial charge is 0.220 e. The van der Waals surface area contributed by atoms with Gasteiger partial charge in [-0.3, -0.25) is 4.79 Å². The third kappa shape index (κ3) is 51.9. The van der Waals surface area contributed by atoms with E-state index in [-0.39, 0.29) is 12.5 Å². The summed E-state index contributed by atoms with van der Waals surface area (Å²) < 4.78 is 11.3. The van der Waals surface area contributed by atoms with Crippen molar-refractivity contribution in [2.75, 3.05) is 13.2 Å². The number of carbonyl (C=O) groups excluding carboxylic acids is 1. The predicted molar refractivity (Wildman–Crippen MR) is 355 cm³/mol. The van der Waals surface area contributed by atoms with Crippen LogP contribution in [-0.2, 0) is 14.3 Å². The number of allylic oxidation sites excluding steroid dienone is 7. The van der Waals surface area contributed by atoms with Gasteiger partial charge in [0, 0.05) is 6.42 Å². The molecule has 0 radical (unpaired) electrons. The second kappa shape index (κ2) is 63.2. The van der Waals surface area contributed by atoms with Gasteiger partial charge >= 0.3 is 0 Å². The Morgan fingerprint density at radius 2 is 0.687 bits per heavy atom. The lowest BCUT2D eigenvalue weighted by atomic mass is 9.99. The molecule has 83 heavy (non-hydrogen) atoms. The highest BCUT2D eigenvalue weighted by Crippen LogP contribution is 2.23. The van der Waals surface area contributed by atoms with E-state index in [0.717, 1.165) is 44.9 Å². The van der Waals surface area contributed by atoms with E-state index in [4.69, 9.17) is 9.47 Å². The molecule has 0 aromatic heterocycles. The average Bonchev–Trinajstić information content (AvgIpc) is 3.50. The van der Waals surface area contributed by atoms with Crippen LogP contribution in [0.1, 0.15) is 361 Å². The van der Waals surface area contributed by atoms with Crippen LogP contribution in [0.25, 0.3) is 0 Å². The second-order valence-corrected chi connectivity index (χ2v) is 25.4. The zero-order chi connectivity index (χ0) is 60.0. The summed E-state index contributed by atoms with van der Waals surface area (Å²) in [7, 11) is 0. The average molecular weight is 1170 g/mol. The fraction of sp³-hybridized carbons (Fsp3) is 0.878. The quantitative estimate of drug-likeness (QED) is 0.0261. The number of rotatable bonds is 64. The topological polar surface area (TPSA) is 149 Å². The highest BCUT2D eigenvalue weighted by Gasteiger charge is 2.44. The first kappa shape index (κ1) is 79.2. The largest absolute Gasteiger partial charge is 0.394 e. The van der Waals surface area contributed by atoms with Crippen molar-refractivity contribution in [1.82, 2.24) is 5.32 Å². The Bertz CT molecular complexity index is 1450. The number of nitrogens with one attached hydrogen (secondary N) is 1. The molecule has 1 fully saturated rings. The molecule has 6 N–H and O–H groups in total. The Hall–Kier alpha value is -1.85. The Labute approximate surface area is 514 Å². The van der Waals surface area contributed by atoms with Gasteiger partial charge in [0.1, 0.15) is 24.4 Å². The monoisotopic (exact) mass is 1170 g/mol. The summed E-state index contributed by atoms with van der Waals surface area (Å²) in [6, 6.07) is -0.830. The van der Waals surface area contributed by atoms with Crippen molar-refractivity contribution in [2.24, 2.45) is 0 Å². The molecule has 1 rings (SSSR count). The van der Waals surface area contributed by atoms with Crippen LogP contribution < -0.4 is 5.32 Å². The van der Waals surface area contributed by atoms with Gasteiger partial charge in [0.05, 0.1) is 25.4 Å². The van der Waals surface area contributed by atoms with Crippen LogP contribution in [0.15, 0.2) is 48.6 Å². The van der Waals surface area contributed by atoms with Gasteiger partial charge in [0.15, 0.2) is 6.29 Å². The minimum Gasteiger partial charge on any atom is -0.394 e. The number of amides is 1. The first-order chi connectivity index (χ1) is 40.8. The van der Waals surface area contributed by atoms with Crippen LogP contribution in [-0.4, -0.2) is 87.5 Å². The molecule has 0 aromatic carbocycles. The van der Waals surface area contributed by atoms with Gasteiger partial charge in [-0.1, -0.05) is 332 Å². The van der Waals surface area contributed by atoms with Crippen molar-refractivity contribution in [1.29, 1.82) is 0 Å². The van der Waals surface area contributed by atoms with Crippen LogP contribution in [0.3, 0.4) is 0 Å². The number of aliphatic hydroxyl groups is 5. The first-order valence-electron chi connectivity index (χ1n) is 36.4. The molecule has 1 aliphatic rings. The molecule has 1 saturated heterocycles. The summed E-state index contributed by atoms with van der Waals surface area (Å²) in [6.45, 7) is 3.81. The lowest BCUT2D eigenvalue weighted by Crippen LogP contribution is -2.60. The summed E-state index contributed by atoms with van der Waals surface area (Å²) in [5.41, 5.74) is 0. The normalized spacial score (nSPS) is 18.5. The molecule has 1 aliphatic heterocycles. The predicted octanol–water partition coefficient (Wildman–Crippen LogP) is 20.0. The molecule has 0 saturated carbocycles. The summed E-state index contributed by atoms with van der Waals surface area (Å²) in [6.07, 6.45) is 79.6.